The van der Waals surface area contributed by atoms with E-state index in [-0.39, 0.29) is 24.2 Å². The number of rotatable bonds is 5. The smallest absolute Gasteiger partial charge is 0.342 e. The van der Waals surface area contributed by atoms with E-state index in [0.29, 0.717) is 5.56 Å². The van der Waals surface area contributed by atoms with E-state index >= 15 is 0 Å². The van der Waals surface area contributed by atoms with Crippen LogP contribution in [-0.4, -0.2) is 63.9 Å². The van der Waals surface area contributed by atoms with Gasteiger partial charge in [0, 0.05) is 31.3 Å². The minimum Gasteiger partial charge on any atom is -0.507 e. The zero-order valence-corrected chi connectivity index (χ0v) is 16.5. The first kappa shape index (κ1) is 22.4. The summed E-state index contributed by atoms with van der Waals surface area (Å²) in [5.74, 6) is -1.46. The van der Waals surface area contributed by atoms with Crippen LogP contribution in [0, 0.1) is 5.41 Å². The molecule has 5 N–H and O–H groups in total. The van der Waals surface area contributed by atoms with Gasteiger partial charge >= 0.3 is 5.97 Å². The van der Waals surface area contributed by atoms with Crippen LogP contribution in [0.1, 0.15) is 28.8 Å². The van der Waals surface area contributed by atoms with Crippen LogP contribution in [0.4, 0.5) is 0 Å². The fourth-order valence-corrected chi connectivity index (χ4v) is 3.30. The fraction of sp³-hybridized carbons (Fsp3) is 0.318. The Labute approximate surface area is 178 Å². The highest BCUT2D eigenvalue weighted by Gasteiger charge is 2.48. The number of aliphatic hydroxyl groups is 2. The number of phenols is 1. The lowest BCUT2D eigenvalue weighted by Gasteiger charge is -2.20. The number of carbonyl (C=O) groups is 2. The van der Waals surface area contributed by atoms with Crippen LogP contribution < -0.4 is 5.32 Å². The highest BCUT2D eigenvalue weighted by molar-refractivity contribution is 5.96. The largest absolute Gasteiger partial charge is 0.507 e. The van der Waals surface area contributed by atoms with Crippen LogP contribution in [0.2, 0.25) is 0 Å². The van der Waals surface area contributed by atoms with E-state index in [4.69, 9.17) is 14.9 Å². The average Bonchev–Trinajstić information content (AvgIpc) is 3.53. The van der Waals surface area contributed by atoms with E-state index in [1.807, 2.05) is 0 Å². The maximum absolute atomic E-state index is 12.8. The molecule has 0 aliphatic carbocycles. The Kier molecular flexibility index (Phi) is 7.35. The first-order chi connectivity index (χ1) is 14.9. The van der Waals surface area contributed by atoms with Crippen molar-refractivity contribution in [3.05, 3.63) is 59.8 Å². The Hall–Kier alpha value is -3.27. The summed E-state index contributed by atoms with van der Waals surface area (Å²) in [5, 5.41) is 40.2. The van der Waals surface area contributed by atoms with Crippen LogP contribution in [0.5, 0.6) is 5.75 Å². The molecule has 0 radical (unpaired) electrons. The summed E-state index contributed by atoms with van der Waals surface area (Å²) < 4.78 is 10.9. The second-order valence-electron chi connectivity index (χ2n) is 7.16. The van der Waals surface area contributed by atoms with Crippen molar-refractivity contribution in [2.24, 2.45) is 0 Å². The average molecular weight is 428 g/mol. The standard InChI is InChI=1S/C22H24N2O7/c23-10-2-7-18(28)24-11-3-5-14-12-17(27)21-20(31-21)16(26)9-8-13-4-1-6-15(25)19(13)22(29)30-14/h1-4,6-11,14,16-17,20-21,23,25-27H,5,12H2,(H,24,28)/b7-2+,9-8-,11-3+,23-10?. The Morgan fingerprint density at radius 1 is 1.29 bits per heavy atom. The maximum atomic E-state index is 12.8. The van der Waals surface area contributed by atoms with Crippen molar-refractivity contribution in [2.45, 2.75) is 43.4 Å². The summed E-state index contributed by atoms with van der Waals surface area (Å²) >= 11 is 0. The molecule has 31 heavy (non-hydrogen) atoms. The van der Waals surface area contributed by atoms with Crippen LogP contribution in [0.15, 0.2) is 48.7 Å². The summed E-state index contributed by atoms with van der Waals surface area (Å²) in [4.78, 5) is 24.3. The number of aliphatic hydroxyl groups excluding tert-OH is 2. The third-order valence-electron chi connectivity index (χ3n) is 4.89. The number of epoxide rings is 1. The van der Waals surface area contributed by atoms with Gasteiger partial charge in [-0.25, -0.2) is 4.79 Å². The molecule has 5 unspecified atom stereocenters. The Morgan fingerprint density at radius 2 is 2.10 bits per heavy atom. The number of aromatic hydroxyl groups is 1. The first-order valence-corrected chi connectivity index (χ1v) is 9.76. The molecule has 1 aromatic rings. The van der Waals surface area contributed by atoms with Gasteiger partial charge in [-0.1, -0.05) is 30.4 Å². The van der Waals surface area contributed by atoms with Crippen LogP contribution >= 0.6 is 0 Å². The molecule has 0 spiro atoms. The third-order valence-corrected chi connectivity index (χ3v) is 4.89. The van der Waals surface area contributed by atoms with E-state index in [1.165, 1.54) is 36.6 Å². The molecular weight excluding hydrogens is 404 g/mol. The zero-order valence-electron chi connectivity index (χ0n) is 16.5. The SMILES string of the molecule is N=C/C=C/C(=O)N/C=C/CC1CC(O)C2OC2C(O)/C=C\c2cccc(O)c2C(=O)O1. The van der Waals surface area contributed by atoms with Crippen molar-refractivity contribution < 1.29 is 34.4 Å². The Balaban J connectivity index is 1.78. The van der Waals surface area contributed by atoms with Gasteiger partial charge in [0.15, 0.2) is 0 Å². The van der Waals surface area contributed by atoms with E-state index in [9.17, 15) is 24.9 Å². The molecule has 1 amide bonds. The molecule has 164 valence electrons. The van der Waals surface area contributed by atoms with Gasteiger partial charge < -0.3 is 35.5 Å². The lowest BCUT2D eigenvalue weighted by atomic mass is 10.00. The number of hydrogen-bond acceptors (Lipinski definition) is 8. The lowest BCUT2D eigenvalue weighted by Crippen LogP contribution is -2.30. The van der Waals surface area contributed by atoms with Crippen molar-refractivity contribution in [3.63, 3.8) is 0 Å². The molecule has 2 aliphatic heterocycles. The topological polar surface area (TPSA) is 152 Å². The fourth-order valence-electron chi connectivity index (χ4n) is 3.30. The van der Waals surface area contributed by atoms with Crippen molar-refractivity contribution >= 4 is 24.2 Å². The van der Waals surface area contributed by atoms with E-state index in [1.54, 1.807) is 18.2 Å². The molecule has 5 atom stereocenters. The summed E-state index contributed by atoms with van der Waals surface area (Å²) in [6.07, 6.45) is 5.65. The molecule has 1 saturated heterocycles. The van der Waals surface area contributed by atoms with Gasteiger partial charge in [-0.3, -0.25) is 4.79 Å². The van der Waals surface area contributed by atoms with Gasteiger partial charge in [0.05, 0.1) is 6.10 Å². The highest BCUT2D eigenvalue weighted by atomic mass is 16.6. The quantitative estimate of drug-likeness (QED) is 0.203. The summed E-state index contributed by atoms with van der Waals surface area (Å²) in [5.41, 5.74) is 0.329. The van der Waals surface area contributed by atoms with Gasteiger partial charge in [-0.15, -0.1) is 0 Å². The second-order valence-corrected chi connectivity index (χ2v) is 7.16. The van der Waals surface area contributed by atoms with E-state index in [2.05, 4.69) is 5.32 Å². The number of benzene rings is 1. The number of nitrogens with one attached hydrogen (secondary N) is 2. The van der Waals surface area contributed by atoms with Crippen molar-refractivity contribution in [3.8, 4) is 5.75 Å². The number of amides is 1. The Morgan fingerprint density at radius 3 is 2.87 bits per heavy atom. The van der Waals surface area contributed by atoms with Crippen molar-refractivity contribution in [1.29, 1.82) is 5.41 Å². The van der Waals surface area contributed by atoms with Gasteiger partial charge in [0.25, 0.3) is 0 Å². The molecule has 3 rings (SSSR count). The second kappa shape index (κ2) is 10.2. The maximum Gasteiger partial charge on any atom is 0.342 e. The number of allylic oxidation sites excluding steroid dienone is 1. The van der Waals surface area contributed by atoms with Crippen molar-refractivity contribution in [1.82, 2.24) is 5.32 Å². The molecule has 2 aliphatic rings. The molecule has 0 bridgehead atoms. The van der Waals surface area contributed by atoms with Gasteiger partial charge in [-0.2, -0.15) is 0 Å². The number of fused-ring (bicyclic) bond motifs is 2. The molecule has 0 saturated carbocycles. The highest BCUT2D eigenvalue weighted by Crippen LogP contribution is 2.33. The predicted octanol–water partition coefficient (Wildman–Crippen LogP) is 1.05. The number of ether oxygens (including phenoxy) is 2. The molecule has 9 heteroatoms. The van der Waals surface area contributed by atoms with Crippen LogP contribution in [-0.2, 0) is 14.3 Å². The normalized spacial score (nSPS) is 29.2. The van der Waals surface area contributed by atoms with Gasteiger partial charge in [-0.05, 0) is 17.7 Å². The van der Waals surface area contributed by atoms with Crippen LogP contribution in [0.25, 0.3) is 6.08 Å². The van der Waals surface area contributed by atoms with Crippen LogP contribution in [0.3, 0.4) is 0 Å². The monoisotopic (exact) mass is 428 g/mol. The van der Waals surface area contributed by atoms with E-state index < -0.39 is 42.4 Å². The number of cyclic esters (lactones) is 1. The molecular formula is C22H24N2O7. The van der Waals surface area contributed by atoms with Crippen molar-refractivity contribution in [2.75, 3.05) is 0 Å². The lowest BCUT2D eigenvalue weighted by molar-refractivity contribution is -0.115. The van der Waals surface area contributed by atoms with Gasteiger partial charge in [0.2, 0.25) is 5.91 Å². The number of esters is 1. The number of hydrogen-bond donors (Lipinski definition) is 5. The number of carbonyl (C=O) groups excluding carboxylic acids is 2. The summed E-state index contributed by atoms with van der Waals surface area (Å²) in [6, 6.07) is 4.54. The van der Waals surface area contributed by atoms with E-state index in [0.717, 1.165) is 6.21 Å². The predicted molar refractivity (Wildman–Crippen MR) is 111 cm³/mol. The third kappa shape index (κ3) is 5.88. The summed E-state index contributed by atoms with van der Waals surface area (Å²) in [7, 11) is 0. The molecule has 1 fully saturated rings. The molecule has 2 heterocycles. The minimum atomic E-state index is -0.979. The van der Waals surface area contributed by atoms with Gasteiger partial charge in [0.1, 0.15) is 35.7 Å². The summed E-state index contributed by atoms with van der Waals surface area (Å²) in [6.45, 7) is 0. The first-order valence-electron chi connectivity index (χ1n) is 9.76. The Bertz CT molecular complexity index is 924. The molecule has 1 aromatic carbocycles. The molecule has 9 nitrogen and oxygen atoms in total. The number of phenolic OH excluding ortho intramolecular Hbond substituents is 1. The zero-order chi connectivity index (χ0) is 22.4. The minimum absolute atomic E-state index is 0.0399. The molecule has 0 aromatic heterocycles.